The summed E-state index contributed by atoms with van der Waals surface area (Å²) < 4.78 is 95.2. The quantitative estimate of drug-likeness (QED) is 0.640. The number of carbonyl (C=O) groups excluding carboxylic acids is 1. The molecule has 13 heteroatoms. The van der Waals surface area contributed by atoms with Gasteiger partial charge in [-0.1, -0.05) is 23.7 Å². The largest absolute Gasteiger partial charge is 0.409 e. The van der Waals surface area contributed by atoms with Crippen molar-refractivity contribution >= 4 is 33.3 Å². The van der Waals surface area contributed by atoms with E-state index < -0.39 is 55.9 Å². The van der Waals surface area contributed by atoms with Crippen LogP contribution in [0.15, 0.2) is 41.4 Å². The van der Waals surface area contributed by atoms with Crippen molar-refractivity contribution in [1.29, 1.82) is 0 Å². The van der Waals surface area contributed by atoms with Gasteiger partial charge in [0.1, 0.15) is 16.8 Å². The van der Waals surface area contributed by atoms with Crippen LogP contribution in [0.2, 0.25) is 5.02 Å². The van der Waals surface area contributed by atoms with Crippen LogP contribution in [0.5, 0.6) is 0 Å². The molecule has 1 atom stereocenters. The number of halogens is 6. The summed E-state index contributed by atoms with van der Waals surface area (Å²) in [5.41, 5.74) is -1.42. The Balaban J connectivity index is 2.09. The smallest absolute Gasteiger partial charge is 0.294 e. The van der Waals surface area contributed by atoms with Crippen molar-refractivity contribution in [2.45, 2.75) is 23.0 Å². The van der Waals surface area contributed by atoms with Crippen molar-refractivity contribution < 1.29 is 35.2 Å². The van der Waals surface area contributed by atoms with Gasteiger partial charge < -0.3 is 0 Å². The van der Waals surface area contributed by atoms with Crippen LogP contribution < -0.4 is 4.90 Å². The number of alkyl halides is 5. The number of rotatable bonds is 4. The molecule has 6 nitrogen and oxygen atoms in total. The fraction of sp³-hybridized carbons (Fsp3) is 0.294. The molecule has 3 rings (SSSR count). The highest BCUT2D eigenvalue weighted by Crippen LogP contribution is 2.44. The molecule has 1 amide bonds. The average molecular weight is 470 g/mol. The highest BCUT2D eigenvalue weighted by Gasteiger charge is 2.54. The van der Waals surface area contributed by atoms with Gasteiger partial charge in [0.2, 0.25) is 10.0 Å². The third-order valence-corrected chi connectivity index (χ3v) is 6.65. The first-order valence-electron chi connectivity index (χ1n) is 8.15. The van der Waals surface area contributed by atoms with Crippen molar-refractivity contribution in [1.82, 2.24) is 9.29 Å². The lowest BCUT2D eigenvalue weighted by atomic mass is 10.1. The fourth-order valence-electron chi connectivity index (χ4n) is 3.05. The first kappa shape index (κ1) is 22.4. The van der Waals surface area contributed by atoms with Crippen LogP contribution in [0, 0.1) is 0 Å². The number of aromatic nitrogens is 1. The lowest BCUT2D eigenvalue weighted by Gasteiger charge is -2.29. The summed E-state index contributed by atoms with van der Waals surface area (Å²) in [7, 11) is -3.24. The zero-order valence-corrected chi connectivity index (χ0v) is 16.9. The summed E-state index contributed by atoms with van der Waals surface area (Å²) in [6.07, 6.45) is -4.40. The summed E-state index contributed by atoms with van der Waals surface area (Å²) in [6.45, 7) is 0. The minimum Gasteiger partial charge on any atom is -0.294 e. The van der Waals surface area contributed by atoms with E-state index in [1.54, 1.807) is 0 Å². The zero-order chi connectivity index (χ0) is 22.6. The van der Waals surface area contributed by atoms with E-state index in [0.717, 1.165) is 31.3 Å². The van der Waals surface area contributed by atoms with E-state index in [-0.39, 0.29) is 9.33 Å². The van der Waals surface area contributed by atoms with Crippen molar-refractivity contribution in [3.63, 3.8) is 0 Å². The van der Waals surface area contributed by atoms with Crippen molar-refractivity contribution in [3.05, 3.63) is 52.7 Å². The number of pyridine rings is 1. The Hall–Kier alpha value is -2.31. The Labute approximate surface area is 172 Å². The van der Waals surface area contributed by atoms with Gasteiger partial charge in [0.05, 0.1) is 5.56 Å². The molecule has 2 heterocycles. The maximum absolute atomic E-state index is 14.2. The molecule has 30 heavy (non-hydrogen) atoms. The predicted octanol–water partition coefficient (Wildman–Crippen LogP) is 3.73. The molecule has 1 aliphatic heterocycles. The molecular formula is C17H13ClF5N3O3S. The first-order chi connectivity index (χ1) is 13.7. The van der Waals surface area contributed by atoms with Gasteiger partial charge in [-0.2, -0.15) is 26.3 Å². The third kappa shape index (κ3) is 3.52. The van der Waals surface area contributed by atoms with Gasteiger partial charge in [-0.3, -0.25) is 9.69 Å². The number of fused-ring (bicyclic) bond motifs is 1. The fourth-order valence-corrected chi connectivity index (χ4v) is 4.48. The average Bonchev–Trinajstić information content (AvgIpc) is 2.82. The van der Waals surface area contributed by atoms with Gasteiger partial charge in [-0.15, -0.1) is 0 Å². The molecule has 0 spiro atoms. The number of anilines is 1. The second kappa shape index (κ2) is 7.13. The molecule has 1 aromatic carbocycles. The van der Waals surface area contributed by atoms with Crippen LogP contribution in [0.3, 0.4) is 0 Å². The van der Waals surface area contributed by atoms with E-state index in [1.165, 1.54) is 0 Å². The highest BCUT2D eigenvalue weighted by atomic mass is 35.5. The molecule has 0 radical (unpaired) electrons. The van der Waals surface area contributed by atoms with Gasteiger partial charge in [0.25, 0.3) is 0 Å². The summed E-state index contributed by atoms with van der Waals surface area (Å²) >= 11 is 5.68. The molecule has 0 aliphatic carbocycles. The predicted molar refractivity (Wildman–Crippen MR) is 96.7 cm³/mol. The normalized spacial score (nSPS) is 17.4. The monoisotopic (exact) mass is 469 g/mol. The number of nitrogens with zero attached hydrogens (tertiary/aromatic N) is 3. The van der Waals surface area contributed by atoms with E-state index in [9.17, 15) is 35.2 Å². The molecule has 0 saturated heterocycles. The summed E-state index contributed by atoms with van der Waals surface area (Å²) in [5.74, 6) is -6.15. The topological polar surface area (TPSA) is 70.6 Å². The van der Waals surface area contributed by atoms with Gasteiger partial charge in [0, 0.05) is 25.3 Å². The Morgan fingerprint density at radius 2 is 1.77 bits per heavy atom. The van der Waals surface area contributed by atoms with E-state index in [2.05, 4.69) is 4.98 Å². The lowest BCUT2D eigenvalue weighted by Crippen LogP contribution is -2.39. The lowest BCUT2D eigenvalue weighted by molar-refractivity contribution is -0.171. The minimum absolute atomic E-state index is 0.0122. The van der Waals surface area contributed by atoms with Crippen molar-refractivity contribution in [3.8, 4) is 0 Å². The van der Waals surface area contributed by atoms with Crippen LogP contribution in [0.4, 0.5) is 27.8 Å². The van der Waals surface area contributed by atoms with Crippen LogP contribution in [-0.4, -0.2) is 43.9 Å². The molecule has 0 bridgehead atoms. The second-order valence-corrected chi connectivity index (χ2v) is 8.93. The number of likely N-dealkylation sites (N-methyl/N-ethyl adjacent to an activating group) is 1. The number of sulfonamides is 1. The third-order valence-electron chi connectivity index (χ3n) is 4.61. The van der Waals surface area contributed by atoms with Crippen LogP contribution in [0.1, 0.15) is 17.2 Å². The van der Waals surface area contributed by atoms with Gasteiger partial charge >= 0.3 is 18.0 Å². The molecule has 1 unspecified atom stereocenters. The highest BCUT2D eigenvalue weighted by molar-refractivity contribution is 7.89. The van der Waals surface area contributed by atoms with Gasteiger partial charge in [0.15, 0.2) is 0 Å². The number of amides is 1. The molecule has 0 N–H and O–H groups in total. The second-order valence-electron chi connectivity index (χ2n) is 6.50. The molecule has 0 fully saturated rings. The van der Waals surface area contributed by atoms with E-state index in [0.29, 0.717) is 24.2 Å². The number of hydrogen-bond acceptors (Lipinski definition) is 4. The summed E-state index contributed by atoms with van der Waals surface area (Å²) in [6, 6.07) is 2.19. The number of benzene rings is 1. The zero-order valence-electron chi connectivity index (χ0n) is 15.3. The molecule has 2 aromatic rings. The molecule has 0 saturated carbocycles. The van der Waals surface area contributed by atoms with Gasteiger partial charge in [-0.25, -0.2) is 13.4 Å². The van der Waals surface area contributed by atoms with Crippen molar-refractivity contribution in [2.75, 3.05) is 19.0 Å². The molecule has 1 aromatic heterocycles. The van der Waals surface area contributed by atoms with E-state index >= 15 is 0 Å². The maximum Gasteiger partial charge on any atom is 0.409 e. The van der Waals surface area contributed by atoms with Gasteiger partial charge in [-0.05, 0) is 23.8 Å². The Bertz CT molecular complexity index is 1110. The van der Waals surface area contributed by atoms with E-state index in [1.807, 2.05) is 0 Å². The summed E-state index contributed by atoms with van der Waals surface area (Å²) in [4.78, 5) is 14.8. The maximum atomic E-state index is 14.2. The SMILES string of the molecule is CN1C(=O)C(F)(F)c2cc(S(=O)(=O)N(C)C(c3ccc(Cl)cc3)C(F)(F)F)cnc21. The Kier molecular flexibility index (Phi) is 5.32. The van der Waals surface area contributed by atoms with Crippen LogP contribution in [0.25, 0.3) is 0 Å². The van der Waals surface area contributed by atoms with Crippen molar-refractivity contribution in [2.24, 2.45) is 0 Å². The minimum atomic E-state index is -5.03. The standard InChI is InChI=1S/C17H13ClF5N3O3S/c1-25-14-12(16(19,20)15(25)27)7-11(8-24-14)30(28,29)26(2)13(17(21,22)23)9-3-5-10(18)6-4-9/h3-8,13H,1-2H3. The Morgan fingerprint density at radius 1 is 1.20 bits per heavy atom. The number of carbonyl (C=O) groups is 1. The van der Waals surface area contributed by atoms with Crippen LogP contribution >= 0.6 is 11.6 Å². The molecule has 162 valence electrons. The van der Waals surface area contributed by atoms with E-state index in [4.69, 9.17) is 11.6 Å². The summed E-state index contributed by atoms with van der Waals surface area (Å²) in [5, 5.41) is 0.143. The molecule has 1 aliphatic rings. The van der Waals surface area contributed by atoms with Crippen LogP contribution in [-0.2, 0) is 20.7 Å². The number of hydrogen-bond donors (Lipinski definition) is 0. The first-order valence-corrected chi connectivity index (χ1v) is 9.97. The molecular weight excluding hydrogens is 457 g/mol. The Morgan fingerprint density at radius 3 is 2.30 bits per heavy atom.